The quantitative estimate of drug-likeness (QED) is 0.725. The third-order valence-electron chi connectivity index (χ3n) is 2.04. The maximum absolute atomic E-state index is 12.6. The molecule has 80 valence electrons. The highest BCUT2D eigenvalue weighted by atomic mass is 32.3. The molecule has 1 aromatic rings. The Labute approximate surface area is 82.9 Å². The van der Waals surface area contributed by atoms with Gasteiger partial charge in [0.15, 0.2) is 0 Å². The standard InChI is InChI=1S/C8H13FN2O2S/c1-3-4-5-11-7(2)8(6-10-11)14(9,12)13/h6H,3-5H2,1-2H3. The van der Waals surface area contributed by atoms with Crippen molar-refractivity contribution in [1.82, 2.24) is 9.78 Å². The Balaban J connectivity index is 2.97. The van der Waals surface area contributed by atoms with E-state index in [-0.39, 0.29) is 4.90 Å². The summed E-state index contributed by atoms with van der Waals surface area (Å²) >= 11 is 0. The van der Waals surface area contributed by atoms with Crippen molar-refractivity contribution < 1.29 is 12.3 Å². The van der Waals surface area contributed by atoms with Gasteiger partial charge in [0.05, 0.1) is 11.9 Å². The van der Waals surface area contributed by atoms with E-state index in [1.807, 2.05) is 6.92 Å². The molecule has 0 atom stereocenters. The normalized spacial score (nSPS) is 11.9. The molecule has 0 unspecified atom stereocenters. The van der Waals surface area contributed by atoms with Crippen LogP contribution in [0.25, 0.3) is 0 Å². The Bertz CT molecular complexity index is 411. The Kier molecular flexibility index (Phi) is 3.25. The van der Waals surface area contributed by atoms with Crippen molar-refractivity contribution in [2.24, 2.45) is 0 Å². The molecular formula is C8H13FN2O2S. The van der Waals surface area contributed by atoms with E-state index in [9.17, 15) is 12.3 Å². The van der Waals surface area contributed by atoms with E-state index < -0.39 is 10.2 Å². The van der Waals surface area contributed by atoms with Gasteiger partial charge in [-0.05, 0) is 13.3 Å². The van der Waals surface area contributed by atoms with Crippen LogP contribution in [0.2, 0.25) is 0 Å². The summed E-state index contributed by atoms with van der Waals surface area (Å²) in [5.41, 5.74) is 0.362. The van der Waals surface area contributed by atoms with Crippen LogP contribution in [-0.4, -0.2) is 18.2 Å². The minimum absolute atomic E-state index is 0.325. The first-order chi connectivity index (χ1) is 6.46. The molecule has 0 bridgehead atoms. The minimum Gasteiger partial charge on any atom is -0.268 e. The number of aromatic nitrogens is 2. The van der Waals surface area contributed by atoms with Crippen molar-refractivity contribution in [1.29, 1.82) is 0 Å². The second-order valence-corrected chi connectivity index (χ2v) is 4.42. The van der Waals surface area contributed by atoms with Crippen LogP contribution in [-0.2, 0) is 16.8 Å². The molecule has 1 aromatic heterocycles. The van der Waals surface area contributed by atoms with E-state index in [1.54, 1.807) is 6.92 Å². The van der Waals surface area contributed by atoms with Crippen molar-refractivity contribution in [2.45, 2.75) is 38.1 Å². The summed E-state index contributed by atoms with van der Waals surface area (Å²) in [5.74, 6) is 0. The van der Waals surface area contributed by atoms with Crippen LogP contribution >= 0.6 is 0 Å². The maximum Gasteiger partial charge on any atom is 0.335 e. The molecule has 1 heterocycles. The fourth-order valence-electron chi connectivity index (χ4n) is 1.20. The van der Waals surface area contributed by atoms with Crippen molar-refractivity contribution in [3.63, 3.8) is 0 Å². The van der Waals surface area contributed by atoms with Crippen molar-refractivity contribution >= 4 is 10.2 Å². The predicted molar refractivity (Wildman–Crippen MR) is 50.2 cm³/mol. The lowest BCUT2D eigenvalue weighted by Gasteiger charge is -2.02. The molecule has 0 saturated heterocycles. The van der Waals surface area contributed by atoms with Crippen molar-refractivity contribution in [2.75, 3.05) is 0 Å². The minimum atomic E-state index is -4.62. The monoisotopic (exact) mass is 220 g/mol. The van der Waals surface area contributed by atoms with Gasteiger partial charge < -0.3 is 0 Å². The van der Waals surface area contributed by atoms with Crippen molar-refractivity contribution in [3.05, 3.63) is 11.9 Å². The average Bonchev–Trinajstić information content (AvgIpc) is 2.42. The highest BCUT2D eigenvalue weighted by molar-refractivity contribution is 7.86. The summed E-state index contributed by atoms with van der Waals surface area (Å²) < 4.78 is 35.4. The van der Waals surface area contributed by atoms with Crippen LogP contribution in [0.4, 0.5) is 3.89 Å². The van der Waals surface area contributed by atoms with Gasteiger partial charge in [-0.1, -0.05) is 13.3 Å². The first kappa shape index (κ1) is 11.2. The zero-order chi connectivity index (χ0) is 10.8. The van der Waals surface area contributed by atoms with Gasteiger partial charge in [0, 0.05) is 6.54 Å². The molecule has 0 aromatic carbocycles. The molecule has 1 rings (SSSR count). The average molecular weight is 220 g/mol. The van der Waals surface area contributed by atoms with E-state index in [0.717, 1.165) is 19.0 Å². The summed E-state index contributed by atoms with van der Waals surface area (Å²) in [6.45, 7) is 4.19. The Hall–Kier alpha value is -0.910. The molecule has 0 aliphatic carbocycles. The second-order valence-electron chi connectivity index (χ2n) is 3.11. The molecule has 0 saturated carbocycles. The Morgan fingerprint density at radius 3 is 2.64 bits per heavy atom. The summed E-state index contributed by atoms with van der Waals surface area (Å²) in [6, 6.07) is 0. The van der Waals surface area contributed by atoms with E-state index >= 15 is 0 Å². The van der Waals surface area contributed by atoms with Gasteiger partial charge >= 0.3 is 10.2 Å². The van der Waals surface area contributed by atoms with Crippen LogP contribution in [0.1, 0.15) is 25.5 Å². The molecule has 0 fully saturated rings. The summed E-state index contributed by atoms with van der Waals surface area (Å²) in [7, 11) is -4.62. The van der Waals surface area contributed by atoms with E-state index in [0.29, 0.717) is 12.2 Å². The third kappa shape index (κ3) is 2.31. The van der Waals surface area contributed by atoms with Gasteiger partial charge in [-0.2, -0.15) is 13.5 Å². The fourth-order valence-corrected chi connectivity index (χ4v) is 1.83. The highest BCUT2D eigenvalue weighted by Gasteiger charge is 2.19. The van der Waals surface area contributed by atoms with Gasteiger partial charge in [0.1, 0.15) is 4.90 Å². The molecule has 0 radical (unpaired) electrons. The molecule has 0 aliphatic rings. The van der Waals surface area contributed by atoms with Gasteiger partial charge in [0.25, 0.3) is 0 Å². The lowest BCUT2D eigenvalue weighted by molar-refractivity contribution is 0.544. The SMILES string of the molecule is CCCCn1ncc(S(=O)(=O)F)c1C. The number of halogens is 1. The molecule has 6 heteroatoms. The van der Waals surface area contributed by atoms with Crippen LogP contribution < -0.4 is 0 Å². The molecule has 4 nitrogen and oxygen atoms in total. The largest absolute Gasteiger partial charge is 0.335 e. The summed E-state index contributed by atoms with van der Waals surface area (Å²) in [6.07, 6.45) is 2.94. The highest BCUT2D eigenvalue weighted by Crippen LogP contribution is 2.16. The predicted octanol–water partition coefficient (Wildman–Crippen LogP) is 1.65. The van der Waals surface area contributed by atoms with Crippen molar-refractivity contribution in [3.8, 4) is 0 Å². The Morgan fingerprint density at radius 2 is 2.21 bits per heavy atom. The van der Waals surface area contributed by atoms with Gasteiger partial charge in [0.2, 0.25) is 0 Å². The molecule has 0 N–H and O–H groups in total. The number of hydrogen-bond acceptors (Lipinski definition) is 3. The van der Waals surface area contributed by atoms with Crippen LogP contribution in [0.15, 0.2) is 11.1 Å². The van der Waals surface area contributed by atoms with Gasteiger partial charge in [-0.15, -0.1) is 3.89 Å². The number of rotatable bonds is 4. The lowest BCUT2D eigenvalue weighted by Crippen LogP contribution is -2.03. The first-order valence-corrected chi connectivity index (χ1v) is 5.82. The second kappa shape index (κ2) is 4.08. The number of aryl methyl sites for hydroxylation is 1. The van der Waals surface area contributed by atoms with Crippen LogP contribution in [0.5, 0.6) is 0 Å². The van der Waals surface area contributed by atoms with Gasteiger partial charge in [-0.25, -0.2) is 0 Å². The molecule has 14 heavy (non-hydrogen) atoms. The van der Waals surface area contributed by atoms with Crippen LogP contribution in [0, 0.1) is 6.92 Å². The van der Waals surface area contributed by atoms with E-state index in [1.165, 1.54) is 4.68 Å². The number of nitrogens with zero attached hydrogens (tertiary/aromatic N) is 2. The van der Waals surface area contributed by atoms with E-state index in [4.69, 9.17) is 0 Å². The lowest BCUT2D eigenvalue weighted by atomic mass is 10.3. The molecule has 0 spiro atoms. The smallest absolute Gasteiger partial charge is 0.268 e. The summed E-state index contributed by atoms with van der Waals surface area (Å²) in [5, 5.41) is 3.82. The van der Waals surface area contributed by atoms with Gasteiger partial charge in [-0.3, -0.25) is 4.68 Å². The van der Waals surface area contributed by atoms with E-state index in [2.05, 4.69) is 5.10 Å². The van der Waals surface area contributed by atoms with Crippen LogP contribution in [0.3, 0.4) is 0 Å². The number of unbranched alkanes of at least 4 members (excludes halogenated alkanes) is 1. The Morgan fingerprint density at radius 1 is 1.57 bits per heavy atom. The fraction of sp³-hybridized carbons (Fsp3) is 0.625. The summed E-state index contributed by atoms with van der Waals surface area (Å²) in [4.78, 5) is -0.325. The maximum atomic E-state index is 12.6. The zero-order valence-electron chi connectivity index (χ0n) is 8.20. The zero-order valence-corrected chi connectivity index (χ0v) is 9.01. The molecule has 0 aliphatic heterocycles. The number of hydrogen-bond donors (Lipinski definition) is 0. The molecule has 0 amide bonds. The third-order valence-corrected chi connectivity index (χ3v) is 2.97. The molecular weight excluding hydrogens is 207 g/mol. The first-order valence-electron chi connectivity index (χ1n) is 4.44. The topological polar surface area (TPSA) is 52.0 Å².